The van der Waals surface area contributed by atoms with Crippen molar-refractivity contribution in [2.75, 3.05) is 11.9 Å². The van der Waals surface area contributed by atoms with Crippen LogP contribution in [-0.2, 0) is 0 Å². The van der Waals surface area contributed by atoms with Gasteiger partial charge in [-0.2, -0.15) is 0 Å². The quantitative estimate of drug-likeness (QED) is 0.360. The van der Waals surface area contributed by atoms with E-state index in [-0.39, 0.29) is 11.3 Å². The number of hydrogen-bond donors (Lipinski definition) is 2. The molecule has 0 aromatic heterocycles. The second-order valence-electron chi connectivity index (χ2n) is 3.40. The van der Waals surface area contributed by atoms with E-state index in [9.17, 15) is 14.9 Å². The van der Waals surface area contributed by atoms with Crippen LogP contribution in [0.25, 0.3) is 0 Å². The van der Waals surface area contributed by atoms with Crippen LogP contribution in [0.4, 0.5) is 11.4 Å². The van der Waals surface area contributed by atoms with E-state index >= 15 is 0 Å². The van der Waals surface area contributed by atoms with Crippen molar-refractivity contribution in [3.63, 3.8) is 0 Å². The smallest absolute Gasteiger partial charge is 0.338 e. The normalized spacial score (nSPS) is 9.17. The predicted molar refractivity (Wildman–Crippen MR) is 66.6 cm³/mol. The van der Waals surface area contributed by atoms with Crippen LogP contribution in [0.3, 0.4) is 0 Å². The van der Waals surface area contributed by atoms with Crippen LogP contribution in [-0.4, -0.2) is 22.5 Å². The van der Waals surface area contributed by atoms with E-state index in [4.69, 9.17) is 5.11 Å². The number of non-ortho nitro benzene ring substituents is 1. The number of anilines is 1. The van der Waals surface area contributed by atoms with E-state index in [0.717, 1.165) is 6.07 Å². The van der Waals surface area contributed by atoms with Crippen LogP contribution in [0.15, 0.2) is 18.2 Å². The van der Waals surface area contributed by atoms with Crippen molar-refractivity contribution in [1.29, 1.82) is 0 Å². The third-order valence-corrected chi connectivity index (χ3v) is 2.19. The Labute approximate surface area is 104 Å². The van der Waals surface area contributed by atoms with Crippen molar-refractivity contribution in [2.45, 2.75) is 13.3 Å². The molecule has 0 amide bonds. The van der Waals surface area contributed by atoms with E-state index < -0.39 is 10.9 Å². The first-order chi connectivity index (χ1) is 8.56. The molecule has 1 rings (SSSR count). The highest BCUT2D eigenvalue weighted by Gasteiger charge is 2.15. The maximum absolute atomic E-state index is 11.0. The highest BCUT2D eigenvalue weighted by molar-refractivity contribution is 5.95. The van der Waals surface area contributed by atoms with Gasteiger partial charge >= 0.3 is 5.97 Å². The number of carboxylic acids is 1. The third-order valence-electron chi connectivity index (χ3n) is 2.19. The SMILES string of the molecule is CC#CCCNc1ccc([N+](=O)[O-])cc1C(=O)O. The zero-order valence-electron chi connectivity index (χ0n) is 9.77. The predicted octanol–water partition coefficient (Wildman–Crippen LogP) is 2.12. The number of rotatable bonds is 5. The van der Waals surface area contributed by atoms with Crippen LogP contribution >= 0.6 is 0 Å². The lowest BCUT2D eigenvalue weighted by Gasteiger charge is -2.07. The van der Waals surface area contributed by atoms with Crippen molar-refractivity contribution < 1.29 is 14.8 Å². The lowest BCUT2D eigenvalue weighted by atomic mass is 10.1. The van der Waals surface area contributed by atoms with Crippen LogP contribution in [0, 0.1) is 22.0 Å². The van der Waals surface area contributed by atoms with Gasteiger partial charge in [0.05, 0.1) is 10.5 Å². The molecule has 0 aliphatic heterocycles. The fraction of sp³-hybridized carbons (Fsp3) is 0.250. The molecule has 0 fully saturated rings. The second kappa shape index (κ2) is 6.25. The molecular formula is C12H12N2O4. The second-order valence-corrected chi connectivity index (χ2v) is 3.40. The van der Waals surface area contributed by atoms with Gasteiger partial charge in [-0.25, -0.2) is 4.79 Å². The molecule has 0 radical (unpaired) electrons. The van der Waals surface area contributed by atoms with Crippen LogP contribution in [0.1, 0.15) is 23.7 Å². The van der Waals surface area contributed by atoms with Crippen LogP contribution < -0.4 is 5.32 Å². The number of nitrogens with one attached hydrogen (secondary N) is 1. The first kappa shape index (κ1) is 13.5. The minimum Gasteiger partial charge on any atom is -0.478 e. The van der Waals surface area contributed by atoms with Crippen molar-refractivity contribution in [1.82, 2.24) is 0 Å². The molecule has 6 heteroatoms. The van der Waals surface area contributed by atoms with Gasteiger partial charge in [0.1, 0.15) is 0 Å². The lowest BCUT2D eigenvalue weighted by molar-refractivity contribution is -0.384. The van der Waals surface area contributed by atoms with E-state index in [0.29, 0.717) is 18.7 Å². The highest BCUT2D eigenvalue weighted by atomic mass is 16.6. The fourth-order valence-electron chi connectivity index (χ4n) is 1.36. The van der Waals surface area contributed by atoms with Gasteiger partial charge in [-0.1, -0.05) is 0 Å². The first-order valence-corrected chi connectivity index (χ1v) is 5.21. The van der Waals surface area contributed by atoms with Crippen LogP contribution in [0.5, 0.6) is 0 Å². The number of nitro benzene ring substituents is 1. The third kappa shape index (κ3) is 3.49. The molecule has 18 heavy (non-hydrogen) atoms. The Morgan fingerprint density at radius 3 is 2.83 bits per heavy atom. The number of aromatic carboxylic acids is 1. The van der Waals surface area contributed by atoms with Crippen molar-refractivity contribution >= 4 is 17.3 Å². The first-order valence-electron chi connectivity index (χ1n) is 5.21. The van der Waals surface area contributed by atoms with Gasteiger partial charge in [0.15, 0.2) is 0 Å². The Kier molecular flexibility index (Phi) is 4.69. The number of hydrogen-bond acceptors (Lipinski definition) is 4. The van der Waals surface area contributed by atoms with Gasteiger partial charge in [-0.15, -0.1) is 11.8 Å². The maximum atomic E-state index is 11.0. The summed E-state index contributed by atoms with van der Waals surface area (Å²) in [7, 11) is 0. The van der Waals surface area contributed by atoms with Gasteiger partial charge in [0, 0.05) is 30.8 Å². The number of nitro groups is 1. The van der Waals surface area contributed by atoms with Crippen molar-refractivity contribution in [2.24, 2.45) is 0 Å². The van der Waals surface area contributed by atoms with Crippen LogP contribution in [0.2, 0.25) is 0 Å². The van der Waals surface area contributed by atoms with Gasteiger partial charge in [-0.3, -0.25) is 10.1 Å². The summed E-state index contributed by atoms with van der Waals surface area (Å²) >= 11 is 0. The standard InChI is InChI=1S/C12H12N2O4/c1-2-3-4-7-13-11-6-5-9(14(17)18)8-10(11)12(15)16/h5-6,8,13H,4,7H2,1H3,(H,15,16). The Bertz CT molecular complexity index is 529. The molecule has 0 unspecified atom stereocenters. The summed E-state index contributed by atoms with van der Waals surface area (Å²) in [6.45, 7) is 2.20. The summed E-state index contributed by atoms with van der Waals surface area (Å²) in [6, 6.07) is 3.69. The summed E-state index contributed by atoms with van der Waals surface area (Å²) in [6.07, 6.45) is 0.576. The number of carboxylic acid groups (broad SMARTS) is 1. The Morgan fingerprint density at radius 1 is 1.56 bits per heavy atom. The van der Waals surface area contributed by atoms with Gasteiger partial charge < -0.3 is 10.4 Å². The highest BCUT2D eigenvalue weighted by Crippen LogP contribution is 2.22. The number of nitrogens with zero attached hydrogens (tertiary/aromatic N) is 1. The zero-order valence-corrected chi connectivity index (χ0v) is 9.77. The summed E-state index contributed by atoms with van der Waals surface area (Å²) in [5.41, 5.74) is -0.00837. The zero-order chi connectivity index (χ0) is 13.5. The molecule has 0 aliphatic carbocycles. The lowest BCUT2D eigenvalue weighted by Crippen LogP contribution is -2.08. The molecule has 6 nitrogen and oxygen atoms in total. The minimum atomic E-state index is -1.21. The molecule has 1 aromatic rings. The molecule has 0 spiro atoms. The van der Waals surface area contributed by atoms with Crippen molar-refractivity contribution in [3.05, 3.63) is 33.9 Å². The largest absolute Gasteiger partial charge is 0.478 e. The number of benzene rings is 1. The van der Waals surface area contributed by atoms with Gasteiger partial charge in [0.2, 0.25) is 0 Å². The molecule has 1 aromatic carbocycles. The Hall–Kier alpha value is -2.55. The molecule has 0 bridgehead atoms. The molecule has 0 aliphatic rings. The molecule has 2 N–H and O–H groups in total. The van der Waals surface area contributed by atoms with E-state index in [1.807, 2.05) is 0 Å². The monoisotopic (exact) mass is 248 g/mol. The molecule has 0 saturated carbocycles. The van der Waals surface area contributed by atoms with Crippen molar-refractivity contribution in [3.8, 4) is 11.8 Å². The minimum absolute atomic E-state index is 0.117. The molecule has 0 atom stereocenters. The van der Waals surface area contributed by atoms with E-state index in [1.54, 1.807) is 6.92 Å². The summed E-state index contributed by atoms with van der Waals surface area (Å²) in [5.74, 6) is 4.34. The molecule has 0 heterocycles. The average Bonchev–Trinajstić information content (AvgIpc) is 2.34. The Morgan fingerprint density at radius 2 is 2.28 bits per heavy atom. The molecular weight excluding hydrogens is 236 g/mol. The number of carbonyl (C=O) groups is 1. The molecule has 0 saturated heterocycles. The van der Waals surface area contributed by atoms with Gasteiger partial charge in [-0.05, 0) is 13.0 Å². The average molecular weight is 248 g/mol. The fourth-order valence-corrected chi connectivity index (χ4v) is 1.36. The topological polar surface area (TPSA) is 92.5 Å². The van der Waals surface area contributed by atoms with E-state index in [1.165, 1.54) is 12.1 Å². The summed E-state index contributed by atoms with van der Waals surface area (Å²) in [5, 5.41) is 22.4. The summed E-state index contributed by atoms with van der Waals surface area (Å²) in [4.78, 5) is 20.9. The summed E-state index contributed by atoms with van der Waals surface area (Å²) < 4.78 is 0. The van der Waals surface area contributed by atoms with Gasteiger partial charge in [0.25, 0.3) is 5.69 Å². The van der Waals surface area contributed by atoms with E-state index in [2.05, 4.69) is 17.2 Å². The molecule has 94 valence electrons. The maximum Gasteiger partial charge on any atom is 0.338 e. The Balaban J connectivity index is 2.92.